The van der Waals surface area contributed by atoms with Crippen LogP contribution in [-0.2, 0) is 12.8 Å². The summed E-state index contributed by atoms with van der Waals surface area (Å²) in [6, 6.07) is 11.0. The molecule has 0 radical (unpaired) electrons. The summed E-state index contributed by atoms with van der Waals surface area (Å²) in [5.41, 5.74) is 3.82. The highest BCUT2D eigenvalue weighted by Crippen LogP contribution is 2.25. The molecule has 0 saturated carbocycles. The van der Waals surface area contributed by atoms with Crippen LogP contribution in [0.3, 0.4) is 0 Å². The summed E-state index contributed by atoms with van der Waals surface area (Å²) in [7, 11) is 0. The third kappa shape index (κ3) is 4.96. The van der Waals surface area contributed by atoms with Crippen LogP contribution in [0.2, 0.25) is 0 Å². The van der Waals surface area contributed by atoms with Crippen LogP contribution in [0.1, 0.15) is 47.3 Å². The van der Waals surface area contributed by atoms with Crippen molar-refractivity contribution in [3.8, 4) is 0 Å². The lowest BCUT2D eigenvalue weighted by Gasteiger charge is -2.34. The van der Waals surface area contributed by atoms with Gasteiger partial charge in [0, 0.05) is 17.0 Å². The van der Waals surface area contributed by atoms with Gasteiger partial charge in [0.25, 0.3) is 0 Å². The molecule has 1 aromatic carbocycles. The van der Waals surface area contributed by atoms with Gasteiger partial charge in [-0.15, -0.1) is 11.3 Å². The van der Waals surface area contributed by atoms with E-state index in [0.29, 0.717) is 18.2 Å². The van der Waals surface area contributed by atoms with E-state index < -0.39 is 0 Å². The Morgan fingerprint density at radius 1 is 1.10 bits per heavy atom. The largest absolute Gasteiger partial charge is 0.314 e. The van der Waals surface area contributed by atoms with Crippen molar-refractivity contribution < 1.29 is 0 Å². The van der Waals surface area contributed by atoms with Crippen LogP contribution < -0.4 is 0 Å². The zero-order valence-electron chi connectivity index (χ0n) is 17.4. The Hall–Kier alpha value is -1.98. The van der Waals surface area contributed by atoms with Gasteiger partial charge < -0.3 is 4.90 Å². The van der Waals surface area contributed by atoms with Crippen LogP contribution in [0, 0.1) is 23.7 Å². The van der Waals surface area contributed by atoms with Crippen LogP contribution in [0.25, 0.3) is 0 Å². The van der Waals surface area contributed by atoms with Gasteiger partial charge in [0.1, 0.15) is 11.7 Å². The van der Waals surface area contributed by atoms with Crippen LogP contribution in [0.4, 0.5) is 0 Å². The molecule has 4 rings (SSSR count). The van der Waals surface area contributed by atoms with Crippen LogP contribution in [0.15, 0.2) is 35.7 Å². The van der Waals surface area contributed by atoms with Crippen molar-refractivity contribution >= 4 is 23.0 Å². The number of benzene rings is 1. The molecule has 1 aromatic heterocycles. The second kappa shape index (κ2) is 9.23. The molecule has 0 spiro atoms. The van der Waals surface area contributed by atoms with Crippen LogP contribution >= 0.6 is 11.3 Å². The zero-order chi connectivity index (χ0) is 20.2. The lowest BCUT2D eigenvalue weighted by atomic mass is 9.90. The zero-order valence-corrected chi connectivity index (χ0v) is 18.2. The quantitative estimate of drug-likeness (QED) is 0.543. The lowest BCUT2D eigenvalue weighted by Crippen LogP contribution is -2.45. The maximum absolute atomic E-state index is 8.65. The Bertz CT molecular complexity index is 846. The number of fused-ring (bicyclic) bond motifs is 1. The molecule has 4 nitrogen and oxygen atoms in total. The van der Waals surface area contributed by atoms with Crippen molar-refractivity contribution in [2.24, 2.45) is 5.92 Å². The van der Waals surface area contributed by atoms with E-state index in [1.165, 1.54) is 41.7 Å². The van der Waals surface area contributed by atoms with Gasteiger partial charge in [0.05, 0.1) is 6.54 Å². The molecule has 29 heavy (non-hydrogen) atoms. The van der Waals surface area contributed by atoms with Gasteiger partial charge in [-0.2, -0.15) is 0 Å². The fraction of sp³-hybridized carbons (Fsp3) is 0.500. The highest BCUT2D eigenvalue weighted by Gasteiger charge is 2.26. The molecule has 2 aromatic rings. The molecular formula is C24H32N4S. The topological polar surface area (TPSA) is 54.2 Å². The minimum atomic E-state index is 0.525. The number of nitrogens with one attached hydrogen (secondary N) is 2. The fourth-order valence-electron chi connectivity index (χ4n) is 4.53. The van der Waals surface area contributed by atoms with Gasteiger partial charge in [-0.05, 0) is 81.5 Å². The van der Waals surface area contributed by atoms with E-state index in [1.54, 1.807) is 11.3 Å². The van der Waals surface area contributed by atoms with E-state index in [2.05, 4.69) is 41.5 Å². The molecule has 1 saturated heterocycles. The molecule has 0 atom stereocenters. The number of nitrogens with zero attached hydrogens (tertiary/aromatic N) is 2. The van der Waals surface area contributed by atoms with Crippen LogP contribution in [0.5, 0.6) is 0 Å². The number of rotatable bonds is 5. The number of thiophene rings is 1. The number of piperidine rings is 1. The molecule has 0 bridgehead atoms. The molecule has 1 fully saturated rings. The van der Waals surface area contributed by atoms with Gasteiger partial charge >= 0.3 is 0 Å². The van der Waals surface area contributed by atoms with E-state index in [0.717, 1.165) is 44.0 Å². The lowest BCUT2D eigenvalue weighted by molar-refractivity contribution is 0.196. The second-order valence-electron chi connectivity index (χ2n) is 8.55. The number of amidine groups is 2. The molecule has 5 heteroatoms. The average Bonchev–Trinajstić information content (AvgIpc) is 3.14. The fourth-order valence-corrected chi connectivity index (χ4v) is 5.45. The van der Waals surface area contributed by atoms with E-state index in [1.807, 2.05) is 11.0 Å². The third-order valence-corrected chi connectivity index (χ3v) is 7.40. The predicted octanol–water partition coefficient (Wildman–Crippen LogP) is 4.95. The predicted molar refractivity (Wildman–Crippen MR) is 123 cm³/mol. The molecule has 3 heterocycles. The van der Waals surface area contributed by atoms with Crippen molar-refractivity contribution in [1.29, 1.82) is 10.8 Å². The molecule has 0 aliphatic carbocycles. The smallest absolute Gasteiger partial charge is 0.134 e. The van der Waals surface area contributed by atoms with Gasteiger partial charge in [0.15, 0.2) is 0 Å². The SMILES string of the molecule is Cc1ccc(CCC2CCN(CC(=N)N3CCCc4sccc4C3=N)CC2)cc1. The number of likely N-dealkylation sites (tertiary alicyclic amines) is 1. The first kappa shape index (κ1) is 20.3. The highest BCUT2D eigenvalue weighted by atomic mass is 32.1. The number of hydrogen-bond acceptors (Lipinski definition) is 4. The molecule has 2 aliphatic rings. The van der Waals surface area contributed by atoms with Gasteiger partial charge in [-0.1, -0.05) is 29.8 Å². The first-order valence-corrected chi connectivity index (χ1v) is 11.8. The standard InChI is InChI=1S/C24H32N4S/c1-18-4-6-19(7-5-18)8-9-20-10-14-27(15-11-20)17-23(25)28-13-2-3-22-21(24(28)26)12-16-29-22/h4-7,12,16,20,25-26H,2-3,8-11,13-15,17H2,1H3. The molecule has 2 N–H and O–H groups in total. The summed E-state index contributed by atoms with van der Waals surface area (Å²) < 4.78 is 0. The molecule has 2 aliphatic heterocycles. The number of aryl methyl sites for hydroxylation is 3. The molecule has 0 amide bonds. The van der Waals surface area contributed by atoms with Crippen molar-refractivity contribution in [2.45, 2.75) is 45.4 Å². The van der Waals surface area contributed by atoms with E-state index >= 15 is 0 Å². The van der Waals surface area contributed by atoms with Crippen molar-refractivity contribution in [3.05, 3.63) is 57.3 Å². The molecule has 154 valence electrons. The first-order valence-electron chi connectivity index (χ1n) is 10.9. The molecular weight excluding hydrogens is 376 g/mol. The summed E-state index contributed by atoms with van der Waals surface area (Å²) in [6.45, 7) is 5.76. The Balaban J connectivity index is 1.24. The monoisotopic (exact) mass is 408 g/mol. The van der Waals surface area contributed by atoms with E-state index in [4.69, 9.17) is 10.8 Å². The van der Waals surface area contributed by atoms with E-state index in [-0.39, 0.29) is 0 Å². The second-order valence-corrected chi connectivity index (χ2v) is 9.55. The average molecular weight is 409 g/mol. The summed E-state index contributed by atoms with van der Waals surface area (Å²) in [6.07, 6.45) is 6.96. The maximum Gasteiger partial charge on any atom is 0.134 e. The maximum atomic E-state index is 8.65. The van der Waals surface area contributed by atoms with Crippen molar-refractivity contribution in [3.63, 3.8) is 0 Å². The minimum Gasteiger partial charge on any atom is -0.314 e. The van der Waals surface area contributed by atoms with E-state index in [9.17, 15) is 0 Å². The van der Waals surface area contributed by atoms with Crippen LogP contribution in [-0.4, -0.2) is 47.7 Å². The van der Waals surface area contributed by atoms with Gasteiger partial charge in [0.2, 0.25) is 0 Å². The summed E-state index contributed by atoms with van der Waals surface area (Å²) >= 11 is 1.75. The Kier molecular flexibility index (Phi) is 6.46. The minimum absolute atomic E-state index is 0.525. The first-order chi connectivity index (χ1) is 14.1. The van der Waals surface area contributed by atoms with Crippen molar-refractivity contribution in [2.75, 3.05) is 26.2 Å². The molecule has 0 unspecified atom stereocenters. The van der Waals surface area contributed by atoms with Crippen molar-refractivity contribution in [1.82, 2.24) is 9.80 Å². The Morgan fingerprint density at radius 3 is 2.62 bits per heavy atom. The normalized spacial score (nSPS) is 18.5. The summed E-state index contributed by atoms with van der Waals surface area (Å²) in [5, 5.41) is 19.3. The number of hydrogen-bond donors (Lipinski definition) is 2. The highest BCUT2D eigenvalue weighted by molar-refractivity contribution is 7.10. The summed E-state index contributed by atoms with van der Waals surface area (Å²) in [4.78, 5) is 5.65. The van der Waals surface area contributed by atoms with Gasteiger partial charge in [-0.3, -0.25) is 15.7 Å². The van der Waals surface area contributed by atoms with Gasteiger partial charge in [-0.25, -0.2) is 0 Å². The Morgan fingerprint density at radius 2 is 1.86 bits per heavy atom. The Labute approximate surface area is 178 Å². The summed E-state index contributed by atoms with van der Waals surface area (Å²) in [5.74, 6) is 1.91. The third-order valence-electron chi connectivity index (χ3n) is 6.42.